The summed E-state index contributed by atoms with van der Waals surface area (Å²) in [7, 11) is -1.99. The lowest BCUT2D eigenvalue weighted by atomic mass is 9.68. The van der Waals surface area contributed by atoms with Crippen LogP contribution in [-0.4, -0.2) is 33.1 Å². The minimum Gasteiger partial charge on any atom is -0.546 e. The first-order chi connectivity index (χ1) is 12.6. The van der Waals surface area contributed by atoms with Crippen LogP contribution in [0.25, 0.3) is 0 Å². The van der Waals surface area contributed by atoms with E-state index in [1.807, 2.05) is 0 Å². The van der Waals surface area contributed by atoms with Crippen LogP contribution < -0.4 is 0 Å². The van der Waals surface area contributed by atoms with Gasteiger partial charge in [-0.25, -0.2) is 0 Å². The third-order valence-corrected chi connectivity index (χ3v) is 13.4. The molecule has 0 aromatic heterocycles. The van der Waals surface area contributed by atoms with Crippen LogP contribution in [0.4, 0.5) is 0 Å². The van der Waals surface area contributed by atoms with Gasteiger partial charge in [-0.3, -0.25) is 4.79 Å². The van der Waals surface area contributed by atoms with Crippen LogP contribution in [0.1, 0.15) is 67.7 Å². The molecule has 3 aliphatic rings. The van der Waals surface area contributed by atoms with Crippen molar-refractivity contribution in [2.45, 2.75) is 90.1 Å². The lowest BCUT2D eigenvalue weighted by molar-refractivity contribution is -0.218. The first kappa shape index (κ1) is 21.1. The van der Waals surface area contributed by atoms with Gasteiger partial charge in [0.25, 0.3) is 8.32 Å². The molecule has 3 rings (SSSR count). The molecule has 1 aliphatic heterocycles. The summed E-state index contributed by atoms with van der Waals surface area (Å²) in [6, 6.07) is 0. The third kappa shape index (κ3) is 3.44. The van der Waals surface area contributed by atoms with Crippen molar-refractivity contribution in [3.63, 3.8) is 0 Å². The van der Waals surface area contributed by atoms with Crippen LogP contribution >= 0.6 is 0 Å². The summed E-state index contributed by atoms with van der Waals surface area (Å²) >= 11 is 0. The highest BCUT2D eigenvalue weighted by Crippen LogP contribution is 2.54. The van der Waals surface area contributed by atoms with Crippen molar-refractivity contribution in [1.82, 2.24) is 0 Å². The molecule has 0 bridgehead atoms. The molecular formula is C22H38O4Si. The smallest absolute Gasteiger partial charge is 0.258 e. The number of carbonyl (C=O) groups is 1. The molecule has 1 saturated carbocycles. The van der Waals surface area contributed by atoms with E-state index >= 15 is 0 Å². The Morgan fingerprint density at radius 3 is 2.15 bits per heavy atom. The second kappa shape index (κ2) is 7.64. The largest absolute Gasteiger partial charge is 0.546 e. The predicted octanol–water partition coefficient (Wildman–Crippen LogP) is 5.44. The minimum absolute atomic E-state index is 0.0963. The molecule has 4 nitrogen and oxygen atoms in total. The average molecular weight is 395 g/mol. The molecule has 0 N–H and O–H groups in total. The fourth-order valence-electron chi connectivity index (χ4n) is 6.30. The van der Waals surface area contributed by atoms with E-state index in [1.54, 1.807) is 6.92 Å². The second-order valence-corrected chi connectivity index (χ2v) is 15.1. The maximum absolute atomic E-state index is 12.3. The first-order valence-corrected chi connectivity index (χ1v) is 13.0. The molecule has 2 fully saturated rings. The van der Waals surface area contributed by atoms with Crippen molar-refractivity contribution in [2.24, 2.45) is 17.8 Å². The molecule has 0 amide bonds. The normalized spacial score (nSPS) is 30.3. The highest BCUT2D eigenvalue weighted by Gasteiger charge is 2.57. The molecule has 1 spiro atoms. The summed E-state index contributed by atoms with van der Waals surface area (Å²) in [5, 5.41) is 0. The summed E-state index contributed by atoms with van der Waals surface area (Å²) in [6.45, 7) is 17.0. The van der Waals surface area contributed by atoms with Crippen LogP contribution in [-0.2, 0) is 18.7 Å². The number of Topliss-reactive ketones (excluding diaryl/α,β-unsaturated/α-hetero) is 1. The number of ether oxygens (including phenoxy) is 2. The first-order valence-electron chi connectivity index (χ1n) is 10.8. The minimum atomic E-state index is -1.99. The Kier molecular flexibility index (Phi) is 5.96. The van der Waals surface area contributed by atoms with Crippen LogP contribution in [0.5, 0.6) is 0 Å². The van der Waals surface area contributed by atoms with Crippen molar-refractivity contribution in [2.75, 3.05) is 13.2 Å². The van der Waals surface area contributed by atoms with E-state index < -0.39 is 14.1 Å². The summed E-state index contributed by atoms with van der Waals surface area (Å²) in [5.74, 6) is 1.35. The van der Waals surface area contributed by atoms with Gasteiger partial charge in [0, 0.05) is 24.7 Å². The van der Waals surface area contributed by atoms with Crippen LogP contribution in [0.15, 0.2) is 11.8 Å². The van der Waals surface area contributed by atoms with Gasteiger partial charge in [0.2, 0.25) is 0 Å². The van der Waals surface area contributed by atoms with Crippen molar-refractivity contribution >= 4 is 14.1 Å². The maximum atomic E-state index is 12.3. The number of hydrogen-bond acceptors (Lipinski definition) is 4. The molecule has 27 heavy (non-hydrogen) atoms. The molecular weight excluding hydrogens is 356 g/mol. The Balaban J connectivity index is 1.92. The van der Waals surface area contributed by atoms with Gasteiger partial charge in [0.15, 0.2) is 5.79 Å². The van der Waals surface area contributed by atoms with E-state index in [2.05, 4.69) is 47.6 Å². The average Bonchev–Trinajstić information content (AvgIpc) is 3.19. The molecule has 0 aromatic carbocycles. The zero-order valence-corrected chi connectivity index (χ0v) is 19.2. The van der Waals surface area contributed by atoms with Crippen LogP contribution in [0.3, 0.4) is 0 Å². The van der Waals surface area contributed by atoms with E-state index in [9.17, 15) is 4.79 Å². The maximum Gasteiger partial charge on any atom is 0.258 e. The number of carbonyl (C=O) groups excluding carboxylic acids is 1. The van der Waals surface area contributed by atoms with E-state index in [4.69, 9.17) is 13.9 Å². The Morgan fingerprint density at radius 2 is 1.67 bits per heavy atom. The van der Waals surface area contributed by atoms with E-state index in [0.717, 1.165) is 25.0 Å². The standard InChI is InChI=1S/C22H38O4Si/c1-14(2)27(15(3)4,16(5)6)26-18-12-20-19(17(7)23)8-9-22(21(20)13-18)24-10-11-25-22/h13-16,19-21H,8-12H2,1-7H3/t19-,20-,21-/m0/s1. The number of fused-ring (bicyclic) bond motifs is 2. The molecule has 154 valence electrons. The molecule has 2 aliphatic carbocycles. The van der Waals surface area contributed by atoms with Gasteiger partial charge in [-0.05, 0) is 42.0 Å². The number of ketones is 1. The summed E-state index contributed by atoms with van der Waals surface area (Å²) < 4.78 is 19.2. The highest BCUT2D eigenvalue weighted by molar-refractivity contribution is 6.77. The molecule has 3 atom stereocenters. The van der Waals surface area contributed by atoms with Gasteiger partial charge >= 0.3 is 0 Å². The number of rotatable bonds is 6. The Morgan fingerprint density at radius 1 is 1.11 bits per heavy atom. The van der Waals surface area contributed by atoms with Crippen molar-refractivity contribution in [3.8, 4) is 0 Å². The van der Waals surface area contributed by atoms with Crippen molar-refractivity contribution in [3.05, 3.63) is 11.8 Å². The predicted molar refractivity (Wildman–Crippen MR) is 110 cm³/mol. The summed E-state index contributed by atoms with van der Waals surface area (Å²) in [4.78, 5) is 12.3. The van der Waals surface area contributed by atoms with Gasteiger partial charge in [0.05, 0.1) is 19.0 Å². The summed E-state index contributed by atoms with van der Waals surface area (Å²) in [5.41, 5.74) is 1.62. The highest BCUT2D eigenvalue weighted by atomic mass is 28.4. The van der Waals surface area contributed by atoms with Gasteiger partial charge in [-0.15, -0.1) is 0 Å². The Labute approximate surface area is 166 Å². The second-order valence-electron chi connectivity index (χ2n) is 9.71. The van der Waals surface area contributed by atoms with Gasteiger partial charge in [-0.2, -0.15) is 0 Å². The van der Waals surface area contributed by atoms with E-state index in [0.29, 0.717) is 35.6 Å². The fourth-order valence-corrected chi connectivity index (χ4v) is 11.6. The Hall–Kier alpha value is -0.653. The number of hydrogen-bond donors (Lipinski definition) is 0. The third-order valence-electron chi connectivity index (χ3n) is 7.41. The zero-order chi connectivity index (χ0) is 20.0. The van der Waals surface area contributed by atoms with E-state index in [-0.39, 0.29) is 17.8 Å². The Bertz CT molecular complexity index is 567. The van der Waals surface area contributed by atoms with Crippen molar-refractivity contribution in [1.29, 1.82) is 0 Å². The quantitative estimate of drug-likeness (QED) is 0.563. The van der Waals surface area contributed by atoms with E-state index in [1.165, 1.54) is 0 Å². The molecule has 1 saturated heterocycles. The molecule has 5 heteroatoms. The van der Waals surface area contributed by atoms with Crippen LogP contribution in [0.2, 0.25) is 16.6 Å². The van der Waals surface area contributed by atoms with Gasteiger partial charge in [-0.1, -0.05) is 41.5 Å². The molecule has 0 aromatic rings. The SMILES string of the molecule is CC(=O)[C@@H]1CCC2(OCCO2)[C@H]2C=C(O[Si](C(C)C)(C(C)C)C(C)C)C[C@@H]12. The fraction of sp³-hybridized carbons (Fsp3) is 0.864. The lowest BCUT2D eigenvalue weighted by Gasteiger charge is -2.44. The monoisotopic (exact) mass is 394 g/mol. The molecule has 0 unspecified atom stereocenters. The van der Waals surface area contributed by atoms with Gasteiger partial charge < -0.3 is 13.9 Å². The summed E-state index contributed by atoms with van der Waals surface area (Å²) in [6.07, 6.45) is 4.80. The van der Waals surface area contributed by atoms with Gasteiger partial charge in [0.1, 0.15) is 5.78 Å². The topological polar surface area (TPSA) is 44.8 Å². The molecule has 0 radical (unpaired) electrons. The lowest BCUT2D eigenvalue weighted by Crippen LogP contribution is -2.48. The van der Waals surface area contributed by atoms with Crippen molar-refractivity contribution < 1.29 is 18.7 Å². The van der Waals surface area contributed by atoms with Crippen LogP contribution in [0, 0.1) is 17.8 Å². The molecule has 1 heterocycles. The zero-order valence-electron chi connectivity index (χ0n) is 18.2. The number of allylic oxidation sites excluding steroid dienone is 1.